The first-order chi connectivity index (χ1) is 11.4. The van der Waals surface area contributed by atoms with Crippen molar-refractivity contribution in [1.82, 2.24) is 9.62 Å². The van der Waals surface area contributed by atoms with Crippen molar-refractivity contribution in [3.63, 3.8) is 0 Å². The Morgan fingerprint density at radius 3 is 2.46 bits per heavy atom. The van der Waals surface area contributed by atoms with Gasteiger partial charge in [0.1, 0.15) is 0 Å². The van der Waals surface area contributed by atoms with E-state index in [9.17, 15) is 13.2 Å². The Labute approximate surface area is 145 Å². The summed E-state index contributed by atoms with van der Waals surface area (Å²) in [6.45, 7) is 4.85. The van der Waals surface area contributed by atoms with Gasteiger partial charge in [-0.2, -0.15) is 0 Å². The minimum absolute atomic E-state index is 0.0593. The largest absolute Gasteiger partial charge is 0.341 e. The zero-order valence-corrected chi connectivity index (χ0v) is 15.4. The van der Waals surface area contributed by atoms with Crippen molar-refractivity contribution < 1.29 is 13.2 Å². The Morgan fingerprint density at radius 1 is 1.25 bits per heavy atom. The number of carbonyl (C=O) groups excluding carboxylic acids is 1. The Balaban J connectivity index is 1.82. The highest BCUT2D eigenvalue weighted by Gasteiger charge is 2.28. The van der Waals surface area contributed by atoms with Crippen molar-refractivity contribution in [2.75, 3.05) is 18.8 Å². The Hall–Kier alpha value is -1.40. The molecule has 0 radical (unpaired) electrons. The number of nitrogens with zero attached hydrogens (tertiary/aromatic N) is 1. The van der Waals surface area contributed by atoms with Gasteiger partial charge in [-0.3, -0.25) is 4.79 Å². The molecule has 1 heterocycles. The third-order valence-corrected chi connectivity index (χ3v) is 6.15. The molecule has 1 atom stereocenters. The molecule has 1 N–H and O–H groups in total. The van der Waals surface area contributed by atoms with E-state index < -0.39 is 16.1 Å². The summed E-state index contributed by atoms with van der Waals surface area (Å²) in [5.41, 5.74) is 1.34. The number of hydrogen-bond acceptors (Lipinski definition) is 3. The molecule has 5 nitrogen and oxygen atoms in total. The Bertz CT molecular complexity index is 623. The van der Waals surface area contributed by atoms with E-state index in [1.807, 2.05) is 13.0 Å². The third kappa shape index (κ3) is 5.60. The van der Waals surface area contributed by atoms with E-state index in [2.05, 4.69) is 29.0 Å². The van der Waals surface area contributed by atoms with Crippen molar-refractivity contribution >= 4 is 15.9 Å². The van der Waals surface area contributed by atoms with Gasteiger partial charge >= 0.3 is 0 Å². The van der Waals surface area contributed by atoms with Gasteiger partial charge in [0.05, 0.1) is 11.8 Å². The smallest absolute Gasteiger partial charge is 0.240 e. The molecule has 1 fully saturated rings. The van der Waals surface area contributed by atoms with Crippen molar-refractivity contribution in [2.24, 2.45) is 5.92 Å². The zero-order valence-electron chi connectivity index (χ0n) is 14.6. The second-order valence-electron chi connectivity index (χ2n) is 6.62. The number of likely N-dealkylation sites (tertiary alicyclic amines) is 1. The lowest BCUT2D eigenvalue weighted by Crippen LogP contribution is -2.49. The average Bonchev–Trinajstić information content (AvgIpc) is 2.55. The molecule has 24 heavy (non-hydrogen) atoms. The number of rotatable bonds is 7. The van der Waals surface area contributed by atoms with E-state index in [-0.39, 0.29) is 11.7 Å². The van der Waals surface area contributed by atoms with Crippen LogP contribution >= 0.6 is 0 Å². The molecule has 134 valence electrons. The molecule has 0 bridgehead atoms. The van der Waals surface area contributed by atoms with Gasteiger partial charge in [0.15, 0.2) is 0 Å². The lowest BCUT2D eigenvalue weighted by molar-refractivity contribution is -0.133. The SMILES string of the molecule is CCCS(=O)(=O)N[C@@H](C)C(=O)N1CCC(Cc2ccccc2)CC1. The molecule has 0 spiro atoms. The summed E-state index contributed by atoms with van der Waals surface area (Å²) in [6.07, 6.45) is 3.52. The highest BCUT2D eigenvalue weighted by atomic mass is 32.2. The topological polar surface area (TPSA) is 66.5 Å². The summed E-state index contributed by atoms with van der Waals surface area (Å²) in [4.78, 5) is 14.2. The van der Waals surface area contributed by atoms with Gasteiger partial charge in [0.25, 0.3) is 0 Å². The second-order valence-corrected chi connectivity index (χ2v) is 8.49. The van der Waals surface area contributed by atoms with E-state index in [0.717, 1.165) is 19.3 Å². The van der Waals surface area contributed by atoms with E-state index >= 15 is 0 Å². The fourth-order valence-electron chi connectivity index (χ4n) is 3.23. The van der Waals surface area contributed by atoms with Crippen LogP contribution in [-0.4, -0.2) is 44.1 Å². The number of carbonyl (C=O) groups is 1. The van der Waals surface area contributed by atoms with E-state index in [1.54, 1.807) is 11.8 Å². The quantitative estimate of drug-likeness (QED) is 0.818. The minimum atomic E-state index is -3.36. The molecule has 0 saturated carbocycles. The summed E-state index contributed by atoms with van der Waals surface area (Å²) in [5.74, 6) is 0.528. The van der Waals surface area contributed by atoms with Crippen LogP contribution < -0.4 is 4.72 Å². The van der Waals surface area contributed by atoms with Crippen molar-refractivity contribution in [3.8, 4) is 0 Å². The number of nitrogens with one attached hydrogen (secondary N) is 1. The molecule has 0 aromatic heterocycles. The van der Waals surface area contributed by atoms with E-state index in [1.165, 1.54) is 5.56 Å². The maximum absolute atomic E-state index is 12.4. The highest BCUT2D eigenvalue weighted by Crippen LogP contribution is 2.22. The maximum Gasteiger partial charge on any atom is 0.240 e. The van der Waals surface area contributed by atoms with Crippen LogP contribution in [0.3, 0.4) is 0 Å². The van der Waals surface area contributed by atoms with Gasteiger partial charge in [0.2, 0.25) is 15.9 Å². The van der Waals surface area contributed by atoms with Gasteiger partial charge in [-0.05, 0) is 44.1 Å². The minimum Gasteiger partial charge on any atom is -0.341 e. The summed E-state index contributed by atoms with van der Waals surface area (Å²) >= 11 is 0. The van der Waals surface area contributed by atoms with Crippen LogP contribution in [0.15, 0.2) is 30.3 Å². The molecule has 1 aliphatic rings. The molecule has 0 unspecified atom stereocenters. The number of hydrogen-bond donors (Lipinski definition) is 1. The van der Waals surface area contributed by atoms with Crippen LogP contribution in [0, 0.1) is 5.92 Å². The lowest BCUT2D eigenvalue weighted by Gasteiger charge is -2.33. The summed E-state index contributed by atoms with van der Waals surface area (Å²) in [5, 5.41) is 0. The fraction of sp³-hybridized carbons (Fsp3) is 0.611. The van der Waals surface area contributed by atoms with E-state index in [4.69, 9.17) is 0 Å². The number of sulfonamides is 1. The van der Waals surface area contributed by atoms with Gasteiger partial charge in [-0.1, -0.05) is 37.3 Å². The molecular weight excluding hydrogens is 324 g/mol. The predicted molar refractivity (Wildman–Crippen MR) is 96.1 cm³/mol. The van der Waals surface area contributed by atoms with Gasteiger partial charge in [-0.25, -0.2) is 13.1 Å². The van der Waals surface area contributed by atoms with Gasteiger partial charge < -0.3 is 4.90 Å². The van der Waals surface area contributed by atoms with Crippen LogP contribution in [0.2, 0.25) is 0 Å². The average molecular weight is 353 g/mol. The Morgan fingerprint density at radius 2 is 1.88 bits per heavy atom. The summed E-state index contributed by atoms with van der Waals surface area (Å²) < 4.78 is 26.1. The van der Waals surface area contributed by atoms with Crippen molar-refractivity contribution in [2.45, 2.75) is 45.6 Å². The van der Waals surface area contributed by atoms with Crippen LogP contribution in [0.25, 0.3) is 0 Å². The zero-order chi connectivity index (χ0) is 17.6. The molecule has 1 amide bonds. The molecule has 1 aromatic carbocycles. The van der Waals surface area contributed by atoms with Gasteiger partial charge in [0, 0.05) is 13.1 Å². The van der Waals surface area contributed by atoms with E-state index in [0.29, 0.717) is 25.4 Å². The van der Waals surface area contributed by atoms with Crippen molar-refractivity contribution in [3.05, 3.63) is 35.9 Å². The number of amides is 1. The third-order valence-electron chi connectivity index (χ3n) is 4.49. The Kier molecular flexibility index (Phi) is 6.80. The molecule has 0 aliphatic carbocycles. The second kappa shape index (κ2) is 8.62. The van der Waals surface area contributed by atoms with Crippen LogP contribution in [-0.2, 0) is 21.2 Å². The summed E-state index contributed by atoms with van der Waals surface area (Å²) in [7, 11) is -3.36. The summed E-state index contributed by atoms with van der Waals surface area (Å²) in [6, 6.07) is 9.72. The maximum atomic E-state index is 12.4. The first-order valence-electron chi connectivity index (χ1n) is 8.74. The number of piperidine rings is 1. The standard InChI is InChI=1S/C18H28N2O3S/c1-3-13-24(22,23)19-15(2)18(21)20-11-9-17(10-12-20)14-16-7-5-4-6-8-16/h4-8,15,17,19H,3,9-14H2,1-2H3/t15-/m0/s1. The first-order valence-corrected chi connectivity index (χ1v) is 10.4. The lowest BCUT2D eigenvalue weighted by atomic mass is 9.90. The predicted octanol–water partition coefficient (Wildman–Crippen LogP) is 2.19. The molecule has 1 aliphatic heterocycles. The molecular formula is C18H28N2O3S. The molecule has 2 rings (SSSR count). The van der Waals surface area contributed by atoms with Crippen LogP contribution in [0.4, 0.5) is 0 Å². The molecule has 1 aromatic rings. The van der Waals surface area contributed by atoms with Crippen LogP contribution in [0.1, 0.15) is 38.7 Å². The monoisotopic (exact) mass is 352 g/mol. The number of benzene rings is 1. The van der Waals surface area contributed by atoms with Crippen LogP contribution in [0.5, 0.6) is 0 Å². The fourth-order valence-corrected chi connectivity index (χ4v) is 4.52. The molecule has 1 saturated heterocycles. The molecule has 6 heteroatoms. The first kappa shape index (κ1) is 18.9. The highest BCUT2D eigenvalue weighted by molar-refractivity contribution is 7.89. The normalized spacial score (nSPS) is 17.7. The van der Waals surface area contributed by atoms with Gasteiger partial charge in [-0.15, -0.1) is 0 Å². The van der Waals surface area contributed by atoms with Crippen molar-refractivity contribution in [1.29, 1.82) is 0 Å².